The molecule has 2 heteroatoms. The summed E-state index contributed by atoms with van der Waals surface area (Å²) in [6.45, 7) is 8.99. The Kier molecular flexibility index (Phi) is 7.22. The Morgan fingerprint density at radius 1 is 0.327 bits per heavy atom. The van der Waals surface area contributed by atoms with Crippen molar-refractivity contribution in [3.63, 3.8) is 0 Å². The van der Waals surface area contributed by atoms with Crippen LogP contribution in [0.4, 0.5) is 0 Å². The van der Waals surface area contributed by atoms with Gasteiger partial charge in [0.05, 0.1) is 0 Å². The summed E-state index contributed by atoms with van der Waals surface area (Å²) in [5.74, 6) is 0. The highest BCUT2D eigenvalue weighted by molar-refractivity contribution is 7.24. The van der Waals surface area contributed by atoms with Crippen LogP contribution in [0.25, 0.3) is 95.6 Å². The van der Waals surface area contributed by atoms with Crippen molar-refractivity contribution in [1.82, 2.24) is 0 Å². The molecule has 52 heavy (non-hydrogen) atoms. The second-order valence-corrected chi connectivity index (χ2v) is 16.3. The molecule has 2 heterocycles. The largest absolute Gasteiger partial charge is 0.134 e. The summed E-state index contributed by atoms with van der Waals surface area (Å²) in [4.78, 5) is 2.67. The Bertz CT molecular complexity index is 2820. The van der Waals surface area contributed by atoms with Crippen LogP contribution in [-0.2, 0) is 0 Å². The fourth-order valence-electron chi connectivity index (χ4n) is 8.59. The van der Waals surface area contributed by atoms with Crippen LogP contribution in [0, 0.1) is 27.7 Å². The Morgan fingerprint density at radius 3 is 1.13 bits per heavy atom. The summed E-state index contributed by atoms with van der Waals surface area (Å²) >= 11 is 3.91. The van der Waals surface area contributed by atoms with Gasteiger partial charge in [0.15, 0.2) is 0 Å². The lowest BCUT2D eigenvalue weighted by atomic mass is 9.85. The summed E-state index contributed by atoms with van der Waals surface area (Å²) < 4.78 is 2.73. The van der Waals surface area contributed by atoms with Crippen molar-refractivity contribution >= 4 is 75.2 Å². The molecular formula is C50H36S2. The Labute approximate surface area is 312 Å². The average Bonchev–Trinajstić information content (AvgIpc) is 3.73. The topological polar surface area (TPSA) is 0 Å². The van der Waals surface area contributed by atoms with Gasteiger partial charge in [-0.15, -0.1) is 22.7 Å². The number of thiophene rings is 2. The predicted octanol–water partition coefficient (Wildman–Crippen LogP) is 15.5. The first-order valence-electron chi connectivity index (χ1n) is 18.0. The third-order valence-electron chi connectivity index (χ3n) is 10.7. The first-order chi connectivity index (χ1) is 25.4. The van der Waals surface area contributed by atoms with Gasteiger partial charge in [-0.25, -0.2) is 0 Å². The van der Waals surface area contributed by atoms with Gasteiger partial charge in [0.25, 0.3) is 0 Å². The molecule has 0 atom stereocenters. The van der Waals surface area contributed by atoms with E-state index in [1.54, 1.807) is 0 Å². The quantitative estimate of drug-likeness (QED) is 0.160. The molecule has 0 aliphatic rings. The summed E-state index contributed by atoms with van der Waals surface area (Å²) in [6, 6.07) is 54.5. The van der Waals surface area contributed by atoms with E-state index >= 15 is 0 Å². The van der Waals surface area contributed by atoms with E-state index in [9.17, 15) is 0 Å². The van der Waals surface area contributed by atoms with Gasteiger partial charge in [-0.05, 0) is 107 Å². The highest BCUT2D eigenvalue weighted by Crippen LogP contribution is 2.55. The first kappa shape index (κ1) is 31.2. The normalized spacial score (nSPS) is 11.8. The number of benzene rings is 8. The number of rotatable bonds is 4. The van der Waals surface area contributed by atoms with E-state index in [2.05, 4.69) is 173 Å². The van der Waals surface area contributed by atoms with E-state index in [1.807, 2.05) is 22.7 Å². The Hall–Kier alpha value is -5.54. The van der Waals surface area contributed by atoms with Crippen molar-refractivity contribution in [3.8, 4) is 43.1 Å². The van der Waals surface area contributed by atoms with Gasteiger partial charge in [0.2, 0.25) is 0 Å². The monoisotopic (exact) mass is 700 g/mol. The summed E-state index contributed by atoms with van der Waals surface area (Å²) in [6.07, 6.45) is 0. The molecule has 0 saturated heterocycles. The third kappa shape index (κ3) is 4.79. The maximum atomic E-state index is 2.47. The predicted molar refractivity (Wildman–Crippen MR) is 230 cm³/mol. The molecule has 0 aliphatic carbocycles. The molecule has 0 saturated carbocycles. The van der Waals surface area contributed by atoms with E-state index in [-0.39, 0.29) is 0 Å². The molecule has 0 radical (unpaired) electrons. The fraction of sp³-hybridized carbons (Fsp3) is 0.0800. The van der Waals surface area contributed by atoms with Gasteiger partial charge in [-0.2, -0.15) is 0 Å². The van der Waals surface area contributed by atoms with Gasteiger partial charge in [-0.1, -0.05) is 132 Å². The minimum absolute atomic E-state index is 1.26. The maximum absolute atomic E-state index is 2.47. The van der Waals surface area contributed by atoms with Gasteiger partial charge < -0.3 is 0 Å². The minimum atomic E-state index is 1.26. The zero-order valence-electron chi connectivity index (χ0n) is 29.7. The highest BCUT2D eigenvalue weighted by Gasteiger charge is 2.26. The van der Waals surface area contributed by atoms with Gasteiger partial charge in [0, 0.05) is 52.2 Å². The van der Waals surface area contributed by atoms with Crippen molar-refractivity contribution in [3.05, 3.63) is 168 Å². The van der Waals surface area contributed by atoms with Gasteiger partial charge >= 0.3 is 0 Å². The minimum Gasteiger partial charge on any atom is -0.134 e. The molecule has 8 aromatic carbocycles. The lowest BCUT2D eigenvalue weighted by Crippen LogP contribution is -1.92. The smallest absolute Gasteiger partial charge is 0.0446 e. The molecule has 0 amide bonds. The molecule has 2 aromatic heterocycles. The Morgan fingerprint density at radius 2 is 0.712 bits per heavy atom. The number of hydrogen-bond donors (Lipinski definition) is 0. The third-order valence-corrected chi connectivity index (χ3v) is 13.4. The molecule has 0 fully saturated rings. The number of aryl methyl sites for hydroxylation is 4. The van der Waals surface area contributed by atoms with Crippen LogP contribution in [0.3, 0.4) is 0 Å². The lowest BCUT2D eigenvalue weighted by Gasteiger charge is -2.19. The van der Waals surface area contributed by atoms with Crippen LogP contribution in [0.1, 0.15) is 22.3 Å². The van der Waals surface area contributed by atoms with Crippen molar-refractivity contribution in [1.29, 1.82) is 0 Å². The van der Waals surface area contributed by atoms with Gasteiger partial charge in [0.1, 0.15) is 0 Å². The van der Waals surface area contributed by atoms with Crippen molar-refractivity contribution in [2.75, 3.05) is 0 Å². The van der Waals surface area contributed by atoms with Crippen molar-refractivity contribution < 1.29 is 0 Å². The van der Waals surface area contributed by atoms with Crippen molar-refractivity contribution in [2.45, 2.75) is 27.7 Å². The molecular weight excluding hydrogens is 665 g/mol. The van der Waals surface area contributed by atoms with E-state index in [1.165, 1.54) is 118 Å². The standard InChI is InChI=1S/C50H36S2/c1-29-23-31(3)47-41(25-29)43(33-15-7-5-8-16-33)49(51-47)45-37-21-13-14-22-38(37)46(40-28-36-20-12-11-19-35(36)27-39(40)45)50-44(34-17-9-6-10-18-34)42-26-30(2)24-32(4)48(42)52-50/h5-28H,1-4H3. The highest BCUT2D eigenvalue weighted by atomic mass is 32.1. The number of hydrogen-bond acceptors (Lipinski definition) is 2. The number of fused-ring (bicyclic) bond motifs is 5. The summed E-state index contributed by atoms with van der Waals surface area (Å²) in [5.41, 5.74) is 13.1. The van der Waals surface area contributed by atoms with E-state index < -0.39 is 0 Å². The van der Waals surface area contributed by atoms with E-state index in [0.717, 1.165) is 0 Å². The molecule has 0 spiro atoms. The SMILES string of the molecule is Cc1cc(C)c2sc(-c3c4ccccc4c(-c4sc5c(C)cc(C)cc5c4-c4ccccc4)c4cc5ccccc5cc34)c(-c3ccccc3)c2c1. The lowest BCUT2D eigenvalue weighted by molar-refractivity contribution is 1.44. The van der Waals surface area contributed by atoms with Crippen LogP contribution in [0.2, 0.25) is 0 Å². The fourth-order valence-corrected chi connectivity index (χ4v) is 11.3. The average molecular weight is 701 g/mol. The van der Waals surface area contributed by atoms with E-state index in [0.29, 0.717) is 0 Å². The van der Waals surface area contributed by atoms with Gasteiger partial charge in [-0.3, -0.25) is 0 Å². The van der Waals surface area contributed by atoms with Crippen LogP contribution in [-0.4, -0.2) is 0 Å². The Balaban J connectivity index is 1.43. The molecule has 10 rings (SSSR count). The maximum Gasteiger partial charge on any atom is 0.0446 e. The molecule has 0 N–H and O–H groups in total. The summed E-state index contributed by atoms with van der Waals surface area (Å²) in [7, 11) is 0. The van der Waals surface area contributed by atoms with Crippen LogP contribution in [0.5, 0.6) is 0 Å². The van der Waals surface area contributed by atoms with Crippen LogP contribution < -0.4 is 0 Å². The summed E-state index contributed by atoms with van der Waals surface area (Å²) in [5, 5.41) is 10.4. The zero-order valence-corrected chi connectivity index (χ0v) is 31.3. The van der Waals surface area contributed by atoms with E-state index in [4.69, 9.17) is 0 Å². The van der Waals surface area contributed by atoms with Crippen LogP contribution >= 0.6 is 22.7 Å². The second kappa shape index (κ2) is 12.0. The zero-order chi connectivity index (χ0) is 35.1. The molecule has 0 nitrogen and oxygen atoms in total. The first-order valence-corrected chi connectivity index (χ1v) is 19.6. The van der Waals surface area contributed by atoms with Crippen molar-refractivity contribution in [2.24, 2.45) is 0 Å². The molecule has 0 bridgehead atoms. The molecule has 248 valence electrons. The molecule has 10 aromatic rings. The second-order valence-electron chi connectivity index (χ2n) is 14.3. The molecule has 0 aliphatic heterocycles. The molecule has 0 unspecified atom stereocenters. The van der Waals surface area contributed by atoms with Crippen LogP contribution in [0.15, 0.2) is 146 Å².